The van der Waals surface area contributed by atoms with Crippen LogP contribution in [-0.4, -0.2) is 26.4 Å². The van der Waals surface area contributed by atoms with Crippen molar-refractivity contribution in [3.05, 3.63) is 0 Å². The molecule has 0 aromatic heterocycles. The molecule has 0 saturated heterocycles. The Morgan fingerprint density at radius 2 is 2.08 bits per heavy atom. The van der Waals surface area contributed by atoms with Gasteiger partial charge < -0.3 is 4.74 Å². The minimum absolute atomic E-state index is 0.257. The zero-order valence-corrected chi connectivity index (χ0v) is 8.62. The lowest BCUT2D eigenvalue weighted by Gasteiger charge is -2.10. The van der Waals surface area contributed by atoms with Gasteiger partial charge in [-0.15, -0.1) is 0 Å². The molecular weight excluding hydrogens is 200 g/mol. The summed E-state index contributed by atoms with van der Waals surface area (Å²) >= 11 is 0. The van der Waals surface area contributed by atoms with E-state index in [9.17, 15) is 8.42 Å². The first-order valence-corrected chi connectivity index (χ1v) is 6.35. The predicted octanol–water partition coefficient (Wildman–Crippen LogP) is 1.51. The van der Waals surface area contributed by atoms with Gasteiger partial charge in [-0.1, -0.05) is 6.92 Å². The van der Waals surface area contributed by atoms with Gasteiger partial charge >= 0.3 is 0 Å². The number of hydrogen-bond acceptors (Lipinski definition) is 3. The van der Waals surface area contributed by atoms with Crippen molar-refractivity contribution in [2.24, 2.45) is 0 Å². The predicted molar refractivity (Wildman–Crippen MR) is 47.8 cm³/mol. The quantitative estimate of drug-likeness (QED) is 0.513. The molecule has 0 unspecified atom stereocenters. The Balaban J connectivity index is 2.41. The first kappa shape index (κ1) is 10.3. The second-order valence-corrected chi connectivity index (χ2v) is 6.13. The van der Waals surface area contributed by atoms with Crippen molar-refractivity contribution >= 4 is 19.7 Å². The summed E-state index contributed by atoms with van der Waals surface area (Å²) in [5, 5.41) is 0. The molecule has 1 rings (SSSR count). The van der Waals surface area contributed by atoms with Gasteiger partial charge in [0, 0.05) is 17.3 Å². The normalized spacial score (nSPS) is 20.8. The summed E-state index contributed by atoms with van der Waals surface area (Å²) in [6.45, 7) is 2.84. The molecule has 1 saturated carbocycles. The van der Waals surface area contributed by atoms with E-state index in [1.165, 1.54) is 0 Å². The molecule has 3 nitrogen and oxygen atoms in total. The summed E-state index contributed by atoms with van der Waals surface area (Å²) in [6, 6.07) is 0. The highest BCUT2D eigenvalue weighted by atomic mass is 35.7. The molecule has 1 aliphatic rings. The van der Waals surface area contributed by atoms with E-state index < -0.39 is 13.8 Å². The van der Waals surface area contributed by atoms with Crippen LogP contribution in [0.2, 0.25) is 0 Å². The Bertz CT molecular complexity index is 243. The molecule has 0 aromatic carbocycles. The Morgan fingerprint density at radius 1 is 1.50 bits per heavy atom. The molecule has 0 bridgehead atoms. The smallest absolute Gasteiger partial charge is 0.240 e. The van der Waals surface area contributed by atoms with Gasteiger partial charge in [-0.2, -0.15) is 0 Å². The van der Waals surface area contributed by atoms with Gasteiger partial charge in [0.15, 0.2) is 0 Å². The van der Waals surface area contributed by atoms with E-state index in [1.807, 2.05) is 6.92 Å². The van der Waals surface area contributed by atoms with Gasteiger partial charge in [0.25, 0.3) is 0 Å². The summed E-state index contributed by atoms with van der Waals surface area (Å²) in [4.78, 5) is 0. The summed E-state index contributed by atoms with van der Waals surface area (Å²) in [5.74, 6) is 0. The van der Waals surface area contributed by atoms with E-state index in [4.69, 9.17) is 15.4 Å². The molecule has 1 aliphatic carbocycles. The monoisotopic (exact) mass is 212 g/mol. The molecule has 0 spiro atoms. The molecule has 0 atom stereocenters. The van der Waals surface area contributed by atoms with Gasteiger partial charge in [0.05, 0.1) is 6.61 Å². The van der Waals surface area contributed by atoms with Crippen molar-refractivity contribution < 1.29 is 13.2 Å². The fourth-order valence-corrected chi connectivity index (χ4v) is 2.41. The van der Waals surface area contributed by atoms with Gasteiger partial charge in [-0.05, 0) is 19.3 Å². The van der Waals surface area contributed by atoms with Crippen molar-refractivity contribution in [1.29, 1.82) is 0 Å². The van der Waals surface area contributed by atoms with E-state index in [-0.39, 0.29) is 6.61 Å². The largest absolute Gasteiger partial charge is 0.380 e. The molecule has 12 heavy (non-hydrogen) atoms. The SMILES string of the molecule is CCCOCC1(S(=O)(=O)Cl)CC1. The maximum absolute atomic E-state index is 11.0. The second-order valence-electron chi connectivity index (χ2n) is 3.17. The summed E-state index contributed by atoms with van der Waals surface area (Å²) in [5.41, 5.74) is 0. The van der Waals surface area contributed by atoms with Crippen molar-refractivity contribution in [2.45, 2.75) is 30.9 Å². The first-order valence-electron chi connectivity index (χ1n) is 4.04. The third-order valence-electron chi connectivity index (χ3n) is 2.04. The van der Waals surface area contributed by atoms with E-state index in [1.54, 1.807) is 0 Å². The molecule has 0 aliphatic heterocycles. The zero-order valence-electron chi connectivity index (χ0n) is 7.05. The van der Waals surface area contributed by atoms with Crippen LogP contribution in [-0.2, 0) is 13.8 Å². The molecule has 0 aromatic rings. The van der Waals surface area contributed by atoms with Crippen molar-refractivity contribution in [2.75, 3.05) is 13.2 Å². The minimum atomic E-state index is -3.42. The lowest BCUT2D eigenvalue weighted by molar-refractivity contribution is 0.130. The third kappa shape index (κ3) is 2.12. The number of hydrogen-bond donors (Lipinski definition) is 0. The summed E-state index contributed by atoms with van der Waals surface area (Å²) < 4.78 is 26.4. The van der Waals surface area contributed by atoms with Gasteiger partial charge in [-0.3, -0.25) is 0 Å². The van der Waals surface area contributed by atoms with Crippen LogP contribution in [0.25, 0.3) is 0 Å². The molecule has 0 N–H and O–H groups in total. The molecule has 5 heteroatoms. The van der Waals surface area contributed by atoms with E-state index >= 15 is 0 Å². The van der Waals surface area contributed by atoms with E-state index in [0.29, 0.717) is 19.4 Å². The van der Waals surface area contributed by atoms with Crippen LogP contribution >= 0.6 is 10.7 Å². The Labute approximate surface area is 77.5 Å². The highest BCUT2D eigenvalue weighted by Gasteiger charge is 2.54. The summed E-state index contributed by atoms with van der Waals surface area (Å²) in [7, 11) is 1.83. The molecule has 72 valence electrons. The maximum atomic E-state index is 11.0. The van der Waals surface area contributed by atoms with Gasteiger partial charge in [0.2, 0.25) is 9.05 Å². The van der Waals surface area contributed by atoms with Crippen LogP contribution in [0.5, 0.6) is 0 Å². The number of rotatable bonds is 5. The lowest BCUT2D eigenvalue weighted by Crippen LogP contribution is -2.24. The number of halogens is 1. The van der Waals surface area contributed by atoms with E-state index in [2.05, 4.69) is 0 Å². The van der Waals surface area contributed by atoms with Crippen LogP contribution in [0, 0.1) is 0 Å². The first-order chi connectivity index (χ1) is 5.52. The lowest BCUT2D eigenvalue weighted by atomic mass is 10.4. The van der Waals surface area contributed by atoms with Gasteiger partial charge in [0.1, 0.15) is 4.75 Å². The summed E-state index contributed by atoms with van der Waals surface area (Å²) in [6.07, 6.45) is 2.18. The Hall–Kier alpha value is 0.200. The standard InChI is InChI=1S/C7H13ClO3S/c1-2-5-11-6-7(3-4-7)12(8,9)10/h2-6H2,1H3. The third-order valence-corrected chi connectivity index (χ3v) is 4.58. The molecule has 0 radical (unpaired) electrons. The second kappa shape index (κ2) is 3.52. The Kier molecular flexibility index (Phi) is 3.01. The van der Waals surface area contributed by atoms with Crippen molar-refractivity contribution in [3.63, 3.8) is 0 Å². The average molecular weight is 213 g/mol. The molecule has 0 amide bonds. The highest BCUT2D eigenvalue weighted by Crippen LogP contribution is 2.45. The molecule has 1 fully saturated rings. The van der Waals surface area contributed by atoms with Crippen LogP contribution < -0.4 is 0 Å². The van der Waals surface area contributed by atoms with E-state index in [0.717, 1.165) is 6.42 Å². The van der Waals surface area contributed by atoms with Crippen molar-refractivity contribution in [3.8, 4) is 0 Å². The van der Waals surface area contributed by atoms with Crippen LogP contribution in [0.3, 0.4) is 0 Å². The van der Waals surface area contributed by atoms with Crippen molar-refractivity contribution in [1.82, 2.24) is 0 Å². The molecular formula is C7H13ClO3S. The topological polar surface area (TPSA) is 43.4 Å². The zero-order chi connectivity index (χ0) is 9.24. The fraction of sp³-hybridized carbons (Fsp3) is 1.00. The van der Waals surface area contributed by atoms with Crippen LogP contribution in [0.1, 0.15) is 26.2 Å². The average Bonchev–Trinajstić information content (AvgIpc) is 2.67. The van der Waals surface area contributed by atoms with Gasteiger partial charge in [-0.25, -0.2) is 8.42 Å². The van der Waals surface area contributed by atoms with Crippen LogP contribution in [0.15, 0.2) is 0 Å². The highest BCUT2D eigenvalue weighted by molar-refractivity contribution is 8.15. The molecule has 0 heterocycles. The maximum Gasteiger partial charge on any atom is 0.240 e. The van der Waals surface area contributed by atoms with Crippen LogP contribution in [0.4, 0.5) is 0 Å². The minimum Gasteiger partial charge on any atom is -0.380 e. The Morgan fingerprint density at radius 3 is 2.42 bits per heavy atom. The fourth-order valence-electron chi connectivity index (χ4n) is 1.00. The number of ether oxygens (including phenoxy) is 1.